The van der Waals surface area contributed by atoms with Gasteiger partial charge in [0.15, 0.2) is 12.4 Å². The van der Waals surface area contributed by atoms with Crippen LogP contribution in [0.3, 0.4) is 0 Å². The minimum atomic E-state index is -1.48. The van der Waals surface area contributed by atoms with Crippen LogP contribution < -0.4 is 4.74 Å². The number of alkyl halides is 3. The number of halogens is 5. The third kappa shape index (κ3) is 11.1. The lowest BCUT2D eigenvalue weighted by Crippen LogP contribution is -2.10. The quantitative estimate of drug-likeness (QED) is 0.204. The molecule has 10 heteroatoms. The maximum atomic E-state index is 9.34. The molecule has 0 radical (unpaired) electrons. The van der Waals surface area contributed by atoms with Crippen LogP contribution in [0.2, 0.25) is 10.0 Å². The van der Waals surface area contributed by atoms with Crippen LogP contribution in [0, 0.1) is 0 Å². The van der Waals surface area contributed by atoms with Crippen molar-refractivity contribution in [1.82, 2.24) is 0 Å². The Hall–Kier alpha value is -0.300. The number of hydrogen-bond acceptors (Lipinski definition) is 5. The average molecular weight is 454 g/mol. The molecule has 1 rings (SSSR count). The van der Waals surface area contributed by atoms with E-state index in [0.29, 0.717) is 25.6 Å². The van der Waals surface area contributed by atoms with E-state index in [1.54, 1.807) is 0 Å². The second-order valence-corrected chi connectivity index (χ2v) is 8.23. The molecule has 0 spiro atoms. The number of nitrogens with zero attached hydrogens (tertiary/aromatic N) is 1. The average Bonchev–Trinajstić information content (AvgIpc) is 2.49. The first-order chi connectivity index (χ1) is 11.8. The first-order valence-electron chi connectivity index (χ1n) is 7.38. The van der Waals surface area contributed by atoms with Crippen LogP contribution in [-0.4, -0.2) is 41.5 Å². The van der Waals surface area contributed by atoms with E-state index in [0.717, 1.165) is 19.3 Å². The van der Waals surface area contributed by atoms with Gasteiger partial charge in [-0.05, 0) is 19.3 Å². The maximum absolute atomic E-state index is 9.34. The second kappa shape index (κ2) is 12.2. The Morgan fingerprint density at radius 1 is 1.04 bits per heavy atom. The van der Waals surface area contributed by atoms with Gasteiger partial charge in [0.2, 0.25) is 3.79 Å². The summed E-state index contributed by atoms with van der Waals surface area (Å²) in [7, 11) is 0. The zero-order valence-electron chi connectivity index (χ0n) is 13.2. The minimum Gasteiger partial charge on any atom is -0.508 e. The molecule has 0 heterocycles. The molecule has 0 aliphatic heterocycles. The normalized spacial score (nSPS) is 11.9. The van der Waals surface area contributed by atoms with E-state index in [9.17, 15) is 5.11 Å². The molecule has 0 aliphatic carbocycles. The lowest BCUT2D eigenvalue weighted by atomic mass is 10.2. The van der Waals surface area contributed by atoms with E-state index in [4.69, 9.17) is 72.3 Å². The second-order valence-electron chi connectivity index (χ2n) is 4.90. The monoisotopic (exact) mass is 451 g/mol. The van der Waals surface area contributed by atoms with Crippen molar-refractivity contribution in [3.05, 3.63) is 22.2 Å². The Balaban J connectivity index is 2.02. The highest BCUT2D eigenvalue weighted by molar-refractivity contribution is 6.67. The van der Waals surface area contributed by atoms with Crippen molar-refractivity contribution in [3.63, 3.8) is 0 Å². The number of phenols is 1. The first-order valence-corrected chi connectivity index (χ1v) is 9.27. The Labute approximate surface area is 171 Å². The molecule has 1 aromatic carbocycles. The van der Waals surface area contributed by atoms with Crippen LogP contribution in [0.15, 0.2) is 17.3 Å². The number of rotatable bonds is 11. The molecule has 0 bridgehead atoms. The smallest absolute Gasteiger partial charge is 0.226 e. The Morgan fingerprint density at radius 3 is 2.32 bits per heavy atom. The van der Waals surface area contributed by atoms with Crippen LogP contribution >= 0.6 is 58.0 Å². The number of unbranched alkanes of at least 4 members (excludes halogenated alkanes) is 2. The summed E-state index contributed by atoms with van der Waals surface area (Å²) in [5.41, 5.74) is 0. The van der Waals surface area contributed by atoms with Gasteiger partial charge in [0.25, 0.3) is 0 Å². The van der Waals surface area contributed by atoms with Crippen LogP contribution in [-0.2, 0) is 9.57 Å². The number of oxime groups is 1. The summed E-state index contributed by atoms with van der Waals surface area (Å²) in [5.74, 6) is 0.379. The summed E-state index contributed by atoms with van der Waals surface area (Å²) in [4.78, 5) is 4.77. The van der Waals surface area contributed by atoms with Crippen molar-refractivity contribution >= 4 is 64.2 Å². The van der Waals surface area contributed by atoms with Gasteiger partial charge in [-0.2, -0.15) is 0 Å². The third-order valence-corrected chi connectivity index (χ3v) is 3.62. The molecule has 0 aliphatic rings. The van der Waals surface area contributed by atoms with Crippen LogP contribution in [0.5, 0.6) is 11.5 Å². The lowest BCUT2D eigenvalue weighted by molar-refractivity contribution is 0.139. The number of ether oxygens (including phenoxy) is 2. The molecule has 142 valence electrons. The van der Waals surface area contributed by atoms with Gasteiger partial charge in [-0.15, -0.1) is 0 Å². The highest BCUT2D eigenvalue weighted by Crippen LogP contribution is 2.36. The van der Waals surface area contributed by atoms with Crippen LogP contribution in [0.25, 0.3) is 0 Å². The molecule has 0 atom stereocenters. The summed E-state index contributed by atoms with van der Waals surface area (Å²) in [6, 6.07) is 2.77. The zero-order valence-corrected chi connectivity index (χ0v) is 17.0. The number of aromatic hydroxyl groups is 1. The van der Waals surface area contributed by atoms with Crippen molar-refractivity contribution in [2.75, 3.05) is 26.4 Å². The van der Waals surface area contributed by atoms with Gasteiger partial charge >= 0.3 is 0 Å². The van der Waals surface area contributed by atoms with Crippen molar-refractivity contribution in [2.24, 2.45) is 5.16 Å². The summed E-state index contributed by atoms with van der Waals surface area (Å²) in [5, 5.41) is 13.5. The number of phenolic OH excluding ortho intramolecular Hbond substituents is 1. The largest absolute Gasteiger partial charge is 0.508 e. The standard InChI is InChI=1S/C15H18Cl5NO4/c16-12-8-11(22)9-13(17)14(12)24-6-3-1-2-5-23-7-4-21-25-10-15(18,19)20/h4,8-9,22H,1-3,5-7,10H2. The summed E-state index contributed by atoms with van der Waals surface area (Å²) in [6.07, 6.45) is 4.04. The zero-order chi connectivity index (χ0) is 18.7. The Kier molecular flexibility index (Phi) is 11.1. The van der Waals surface area contributed by atoms with Gasteiger partial charge in [0.05, 0.1) is 29.5 Å². The fraction of sp³-hybridized carbons (Fsp3) is 0.533. The molecular weight excluding hydrogens is 435 g/mol. The molecule has 0 fully saturated rings. The van der Waals surface area contributed by atoms with E-state index >= 15 is 0 Å². The van der Waals surface area contributed by atoms with Crippen LogP contribution in [0.1, 0.15) is 19.3 Å². The van der Waals surface area contributed by atoms with Gasteiger partial charge in [0.1, 0.15) is 5.75 Å². The van der Waals surface area contributed by atoms with E-state index in [1.165, 1.54) is 18.3 Å². The molecule has 0 unspecified atom stereocenters. The molecule has 25 heavy (non-hydrogen) atoms. The SMILES string of the molecule is Oc1cc(Cl)c(OCCCCCOCC=NOCC(Cl)(Cl)Cl)c(Cl)c1. The summed E-state index contributed by atoms with van der Waals surface area (Å²) >= 11 is 28.4. The predicted octanol–water partition coefficient (Wildman–Crippen LogP) is 5.64. The summed E-state index contributed by atoms with van der Waals surface area (Å²) < 4.78 is 9.40. The maximum Gasteiger partial charge on any atom is 0.226 e. The van der Waals surface area contributed by atoms with Crippen molar-refractivity contribution < 1.29 is 19.4 Å². The first kappa shape index (κ1) is 22.7. The number of benzene rings is 1. The Bertz CT molecular complexity index is 528. The topological polar surface area (TPSA) is 60.3 Å². The van der Waals surface area contributed by atoms with Gasteiger partial charge in [0, 0.05) is 18.7 Å². The van der Waals surface area contributed by atoms with E-state index in [1.807, 2.05) is 0 Å². The van der Waals surface area contributed by atoms with Gasteiger partial charge in [-0.1, -0.05) is 63.2 Å². The fourth-order valence-corrected chi connectivity index (χ4v) is 2.40. The predicted molar refractivity (Wildman–Crippen MR) is 103 cm³/mol. The van der Waals surface area contributed by atoms with Crippen LogP contribution in [0.4, 0.5) is 0 Å². The molecule has 1 aromatic rings. The van der Waals surface area contributed by atoms with E-state index in [-0.39, 0.29) is 22.4 Å². The van der Waals surface area contributed by atoms with Gasteiger partial charge in [-0.3, -0.25) is 0 Å². The summed E-state index contributed by atoms with van der Waals surface area (Å²) in [6.45, 7) is 1.24. The molecular formula is C15H18Cl5NO4. The lowest BCUT2D eigenvalue weighted by Gasteiger charge is -2.10. The molecule has 5 nitrogen and oxygen atoms in total. The Morgan fingerprint density at radius 2 is 1.68 bits per heavy atom. The molecule has 0 saturated carbocycles. The van der Waals surface area contributed by atoms with Crippen molar-refractivity contribution in [2.45, 2.75) is 23.1 Å². The fourth-order valence-electron chi connectivity index (χ4n) is 1.67. The highest BCUT2D eigenvalue weighted by Gasteiger charge is 2.20. The van der Waals surface area contributed by atoms with Crippen molar-refractivity contribution in [1.29, 1.82) is 0 Å². The van der Waals surface area contributed by atoms with Crippen molar-refractivity contribution in [3.8, 4) is 11.5 Å². The van der Waals surface area contributed by atoms with E-state index in [2.05, 4.69) is 5.16 Å². The third-order valence-electron chi connectivity index (χ3n) is 2.73. The van der Waals surface area contributed by atoms with Gasteiger partial charge in [-0.25, -0.2) is 0 Å². The number of hydrogen-bond donors (Lipinski definition) is 1. The van der Waals surface area contributed by atoms with Gasteiger partial charge < -0.3 is 19.4 Å². The molecule has 0 aromatic heterocycles. The molecule has 1 N–H and O–H groups in total. The van der Waals surface area contributed by atoms with E-state index < -0.39 is 3.79 Å². The molecule has 0 amide bonds. The molecule has 0 saturated heterocycles. The minimum absolute atomic E-state index is 0.000679. The highest BCUT2D eigenvalue weighted by atomic mass is 35.6.